The molecule has 0 aromatic carbocycles. The van der Waals surface area contributed by atoms with Gasteiger partial charge in [0.15, 0.2) is 0 Å². The highest BCUT2D eigenvalue weighted by Crippen LogP contribution is 2.04. The molecule has 0 aliphatic carbocycles. The minimum absolute atomic E-state index is 0.589. The minimum atomic E-state index is 0.589. The zero-order chi connectivity index (χ0) is 8.53. The standard InChI is InChI=1S/C10H17N/c1-3-4-5-6-7-10(2)8-9-11/h7H,3-6,8H2,1-2H3/b10-7+. The van der Waals surface area contributed by atoms with Crippen molar-refractivity contribution < 1.29 is 0 Å². The first-order valence-corrected chi connectivity index (χ1v) is 4.33. The summed E-state index contributed by atoms with van der Waals surface area (Å²) < 4.78 is 0. The Kier molecular flexibility index (Phi) is 6.82. The van der Waals surface area contributed by atoms with E-state index in [4.69, 9.17) is 5.26 Å². The van der Waals surface area contributed by atoms with E-state index < -0.39 is 0 Å². The minimum Gasteiger partial charge on any atom is -0.198 e. The lowest BCUT2D eigenvalue weighted by molar-refractivity contribution is 0.726. The summed E-state index contributed by atoms with van der Waals surface area (Å²) in [6.45, 7) is 4.22. The Labute approximate surface area is 69.7 Å². The van der Waals surface area contributed by atoms with Gasteiger partial charge in [-0.3, -0.25) is 0 Å². The number of nitrogens with zero attached hydrogens (tertiary/aromatic N) is 1. The van der Waals surface area contributed by atoms with Gasteiger partial charge in [-0.05, 0) is 19.8 Å². The van der Waals surface area contributed by atoms with Gasteiger partial charge in [0, 0.05) is 0 Å². The second-order valence-corrected chi connectivity index (χ2v) is 2.88. The summed E-state index contributed by atoms with van der Waals surface area (Å²) in [7, 11) is 0. The summed E-state index contributed by atoms with van der Waals surface area (Å²) in [4.78, 5) is 0. The average molecular weight is 151 g/mol. The first-order valence-electron chi connectivity index (χ1n) is 4.33. The normalized spacial score (nSPS) is 11.2. The summed E-state index contributed by atoms with van der Waals surface area (Å²) in [6.07, 6.45) is 7.74. The molecule has 0 radical (unpaired) electrons. The van der Waals surface area contributed by atoms with Crippen LogP contribution >= 0.6 is 0 Å². The van der Waals surface area contributed by atoms with Gasteiger partial charge in [0.1, 0.15) is 0 Å². The van der Waals surface area contributed by atoms with E-state index in [0.717, 1.165) is 6.42 Å². The number of rotatable bonds is 5. The van der Waals surface area contributed by atoms with Crippen LogP contribution < -0.4 is 0 Å². The van der Waals surface area contributed by atoms with E-state index in [1.807, 2.05) is 6.92 Å². The Hall–Kier alpha value is -0.770. The lowest BCUT2D eigenvalue weighted by atomic mass is 10.1. The van der Waals surface area contributed by atoms with E-state index in [-0.39, 0.29) is 0 Å². The van der Waals surface area contributed by atoms with Gasteiger partial charge < -0.3 is 0 Å². The molecular formula is C10H17N. The van der Waals surface area contributed by atoms with E-state index in [9.17, 15) is 0 Å². The topological polar surface area (TPSA) is 23.8 Å². The van der Waals surface area contributed by atoms with E-state index in [0.29, 0.717) is 6.42 Å². The summed E-state index contributed by atoms with van der Waals surface area (Å²) in [5, 5.41) is 8.35. The van der Waals surface area contributed by atoms with Gasteiger partial charge in [0.2, 0.25) is 0 Å². The molecule has 0 bridgehead atoms. The highest BCUT2D eigenvalue weighted by atomic mass is 14.2. The van der Waals surface area contributed by atoms with E-state index in [1.54, 1.807) is 0 Å². The van der Waals surface area contributed by atoms with Crippen molar-refractivity contribution in [1.82, 2.24) is 0 Å². The zero-order valence-corrected chi connectivity index (χ0v) is 7.56. The van der Waals surface area contributed by atoms with Crippen LogP contribution in [-0.4, -0.2) is 0 Å². The molecule has 0 aromatic heterocycles. The average Bonchev–Trinajstić information content (AvgIpc) is 1.99. The summed E-state index contributed by atoms with van der Waals surface area (Å²) in [5.41, 5.74) is 1.21. The van der Waals surface area contributed by atoms with Crippen molar-refractivity contribution in [2.45, 2.75) is 46.0 Å². The molecule has 0 rings (SSSR count). The van der Waals surface area contributed by atoms with Crippen molar-refractivity contribution in [3.05, 3.63) is 11.6 Å². The molecular weight excluding hydrogens is 134 g/mol. The quantitative estimate of drug-likeness (QED) is 0.436. The van der Waals surface area contributed by atoms with Crippen LogP contribution in [0.25, 0.3) is 0 Å². The van der Waals surface area contributed by atoms with E-state index in [2.05, 4.69) is 19.1 Å². The Morgan fingerprint density at radius 2 is 2.18 bits per heavy atom. The summed E-state index contributed by atoms with van der Waals surface area (Å²) in [6, 6.07) is 2.14. The molecule has 0 heterocycles. The third-order valence-corrected chi connectivity index (χ3v) is 1.66. The van der Waals surface area contributed by atoms with E-state index in [1.165, 1.54) is 24.8 Å². The van der Waals surface area contributed by atoms with Gasteiger partial charge >= 0.3 is 0 Å². The molecule has 0 aromatic rings. The van der Waals surface area contributed by atoms with Crippen molar-refractivity contribution in [1.29, 1.82) is 5.26 Å². The van der Waals surface area contributed by atoms with Gasteiger partial charge in [-0.1, -0.05) is 31.4 Å². The zero-order valence-electron chi connectivity index (χ0n) is 7.56. The van der Waals surface area contributed by atoms with Crippen LogP contribution in [0.5, 0.6) is 0 Å². The van der Waals surface area contributed by atoms with Gasteiger partial charge in [0.05, 0.1) is 12.5 Å². The van der Waals surface area contributed by atoms with Crippen LogP contribution in [0, 0.1) is 11.3 Å². The maximum atomic E-state index is 8.35. The number of unbranched alkanes of at least 4 members (excludes halogenated alkanes) is 3. The van der Waals surface area contributed by atoms with Crippen LogP contribution in [0.1, 0.15) is 46.0 Å². The molecule has 0 amide bonds. The predicted molar refractivity (Wildman–Crippen MR) is 48.1 cm³/mol. The third kappa shape index (κ3) is 7.12. The molecule has 0 spiro atoms. The summed E-state index contributed by atoms with van der Waals surface area (Å²) >= 11 is 0. The van der Waals surface area contributed by atoms with Crippen molar-refractivity contribution >= 4 is 0 Å². The predicted octanol–water partition coefficient (Wildman–Crippen LogP) is 3.43. The molecule has 62 valence electrons. The van der Waals surface area contributed by atoms with Crippen molar-refractivity contribution in [3.63, 3.8) is 0 Å². The number of allylic oxidation sites excluding steroid dienone is 2. The highest BCUT2D eigenvalue weighted by molar-refractivity contribution is 5.04. The third-order valence-electron chi connectivity index (χ3n) is 1.66. The maximum Gasteiger partial charge on any atom is 0.0666 e. The van der Waals surface area contributed by atoms with Gasteiger partial charge in [-0.25, -0.2) is 0 Å². The molecule has 0 atom stereocenters. The van der Waals surface area contributed by atoms with Crippen molar-refractivity contribution in [3.8, 4) is 6.07 Å². The molecule has 0 aliphatic heterocycles. The Morgan fingerprint density at radius 1 is 1.45 bits per heavy atom. The lowest BCUT2D eigenvalue weighted by Gasteiger charge is -1.94. The lowest BCUT2D eigenvalue weighted by Crippen LogP contribution is -1.75. The van der Waals surface area contributed by atoms with Crippen LogP contribution in [0.4, 0.5) is 0 Å². The summed E-state index contributed by atoms with van der Waals surface area (Å²) in [5.74, 6) is 0. The molecule has 0 saturated heterocycles. The van der Waals surface area contributed by atoms with Crippen LogP contribution in [0.3, 0.4) is 0 Å². The first kappa shape index (κ1) is 10.2. The Bertz CT molecular complexity index is 151. The Morgan fingerprint density at radius 3 is 2.73 bits per heavy atom. The Balaban J connectivity index is 3.34. The van der Waals surface area contributed by atoms with Crippen molar-refractivity contribution in [2.24, 2.45) is 0 Å². The molecule has 0 aliphatic rings. The second kappa shape index (κ2) is 7.34. The first-order chi connectivity index (χ1) is 5.31. The SMILES string of the molecule is CCCCC/C=C(\C)CC#N. The monoisotopic (exact) mass is 151 g/mol. The maximum absolute atomic E-state index is 8.35. The van der Waals surface area contributed by atoms with Crippen LogP contribution in [-0.2, 0) is 0 Å². The number of nitriles is 1. The van der Waals surface area contributed by atoms with Gasteiger partial charge in [0.25, 0.3) is 0 Å². The molecule has 11 heavy (non-hydrogen) atoms. The fourth-order valence-corrected chi connectivity index (χ4v) is 0.940. The second-order valence-electron chi connectivity index (χ2n) is 2.88. The molecule has 0 saturated carbocycles. The number of hydrogen-bond acceptors (Lipinski definition) is 1. The fourth-order valence-electron chi connectivity index (χ4n) is 0.940. The smallest absolute Gasteiger partial charge is 0.0666 e. The van der Waals surface area contributed by atoms with Crippen LogP contribution in [0.15, 0.2) is 11.6 Å². The van der Waals surface area contributed by atoms with Crippen LogP contribution in [0.2, 0.25) is 0 Å². The van der Waals surface area contributed by atoms with E-state index >= 15 is 0 Å². The highest BCUT2D eigenvalue weighted by Gasteiger charge is 1.86. The van der Waals surface area contributed by atoms with Gasteiger partial charge in [-0.15, -0.1) is 0 Å². The number of hydrogen-bond donors (Lipinski definition) is 0. The molecule has 0 N–H and O–H groups in total. The molecule has 0 fully saturated rings. The van der Waals surface area contributed by atoms with Crippen molar-refractivity contribution in [2.75, 3.05) is 0 Å². The van der Waals surface area contributed by atoms with Gasteiger partial charge in [-0.2, -0.15) is 5.26 Å². The molecule has 0 unspecified atom stereocenters. The fraction of sp³-hybridized carbons (Fsp3) is 0.700. The largest absolute Gasteiger partial charge is 0.198 e. The molecule has 1 nitrogen and oxygen atoms in total. The molecule has 1 heteroatoms.